The van der Waals surface area contributed by atoms with Crippen LogP contribution >= 0.6 is 11.8 Å². The molecule has 0 atom stereocenters. The van der Waals surface area contributed by atoms with Crippen molar-refractivity contribution in [2.24, 2.45) is 0 Å². The van der Waals surface area contributed by atoms with Crippen LogP contribution < -0.4 is 10.6 Å². The molecule has 5 heteroatoms. The smallest absolute Gasteiger partial charge is 0.139 e. The molecule has 1 saturated carbocycles. The molecule has 0 amide bonds. The molecule has 0 radical (unpaired) electrons. The molecule has 110 valence electrons. The zero-order valence-electron chi connectivity index (χ0n) is 12.6. The van der Waals surface area contributed by atoms with Crippen molar-refractivity contribution in [2.75, 3.05) is 23.9 Å². The van der Waals surface area contributed by atoms with Crippen LogP contribution in [0.15, 0.2) is 29.2 Å². The third-order valence-corrected chi connectivity index (χ3v) is 4.40. The largest absolute Gasteiger partial charge is 0.373 e. The van der Waals surface area contributed by atoms with Gasteiger partial charge in [-0.3, -0.25) is 0 Å². The highest BCUT2D eigenvalue weighted by molar-refractivity contribution is 7.98. The Morgan fingerprint density at radius 1 is 1.19 bits per heavy atom. The molecule has 2 aromatic rings. The van der Waals surface area contributed by atoms with Crippen molar-refractivity contribution < 1.29 is 0 Å². The molecule has 21 heavy (non-hydrogen) atoms. The molecule has 1 aromatic heterocycles. The number of nitrogens with zero attached hydrogens (tertiary/aromatic N) is 2. The van der Waals surface area contributed by atoms with Crippen molar-refractivity contribution in [1.29, 1.82) is 0 Å². The van der Waals surface area contributed by atoms with Gasteiger partial charge in [0.15, 0.2) is 0 Å². The first-order valence-corrected chi connectivity index (χ1v) is 8.41. The maximum atomic E-state index is 4.72. The first-order chi connectivity index (χ1) is 10.2. The quantitative estimate of drug-likeness (QED) is 0.812. The summed E-state index contributed by atoms with van der Waals surface area (Å²) >= 11 is 1.74. The number of thioether (sulfide) groups is 1. The summed E-state index contributed by atoms with van der Waals surface area (Å²) in [6.07, 6.45) is 4.49. The van der Waals surface area contributed by atoms with Gasteiger partial charge < -0.3 is 10.6 Å². The van der Waals surface area contributed by atoms with E-state index in [1.54, 1.807) is 11.8 Å². The summed E-state index contributed by atoms with van der Waals surface area (Å²) in [6.45, 7) is 2.04. The van der Waals surface area contributed by atoms with Gasteiger partial charge in [0.1, 0.15) is 17.5 Å². The van der Waals surface area contributed by atoms with Crippen LogP contribution in [0, 0.1) is 6.92 Å². The predicted octanol–water partition coefficient (Wildman–Crippen LogP) is 4.17. The molecule has 0 bridgehead atoms. The number of aromatic nitrogens is 2. The Labute approximate surface area is 129 Å². The number of hydrogen-bond donors (Lipinski definition) is 2. The van der Waals surface area contributed by atoms with Gasteiger partial charge in [0, 0.05) is 29.1 Å². The maximum Gasteiger partial charge on any atom is 0.139 e. The van der Waals surface area contributed by atoms with E-state index in [-0.39, 0.29) is 0 Å². The molecule has 0 unspecified atom stereocenters. The van der Waals surface area contributed by atoms with E-state index in [0.29, 0.717) is 5.92 Å². The van der Waals surface area contributed by atoms with Crippen LogP contribution in [-0.2, 0) is 0 Å². The Bertz CT molecular complexity index is 653. The molecule has 1 aromatic carbocycles. The van der Waals surface area contributed by atoms with E-state index in [1.165, 1.54) is 17.7 Å². The van der Waals surface area contributed by atoms with Crippen LogP contribution in [0.3, 0.4) is 0 Å². The molecule has 3 rings (SSSR count). The van der Waals surface area contributed by atoms with Gasteiger partial charge in [-0.2, -0.15) is 0 Å². The number of hydrogen-bond acceptors (Lipinski definition) is 5. The van der Waals surface area contributed by atoms with Gasteiger partial charge in [-0.1, -0.05) is 6.07 Å². The minimum Gasteiger partial charge on any atom is -0.373 e. The van der Waals surface area contributed by atoms with Crippen LogP contribution in [0.5, 0.6) is 0 Å². The fourth-order valence-corrected chi connectivity index (χ4v) is 2.72. The lowest BCUT2D eigenvalue weighted by atomic mass is 10.2. The van der Waals surface area contributed by atoms with Gasteiger partial charge in [-0.25, -0.2) is 9.97 Å². The highest BCUT2D eigenvalue weighted by Gasteiger charge is 2.28. The number of benzene rings is 1. The lowest BCUT2D eigenvalue weighted by Crippen LogP contribution is -2.06. The summed E-state index contributed by atoms with van der Waals surface area (Å²) in [5, 5.41) is 6.61. The molecule has 1 heterocycles. The minimum atomic E-state index is 0.538. The van der Waals surface area contributed by atoms with Gasteiger partial charge in [0.05, 0.1) is 0 Å². The summed E-state index contributed by atoms with van der Waals surface area (Å²) in [5.74, 6) is 3.30. The Kier molecular flexibility index (Phi) is 4.01. The third-order valence-electron chi connectivity index (χ3n) is 3.67. The van der Waals surface area contributed by atoms with Crippen molar-refractivity contribution in [2.45, 2.75) is 30.6 Å². The van der Waals surface area contributed by atoms with Crippen LogP contribution in [0.2, 0.25) is 0 Å². The van der Waals surface area contributed by atoms with Gasteiger partial charge in [-0.05, 0) is 44.2 Å². The Morgan fingerprint density at radius 3 is 2.62 bits per heavy atom. The molecule has 2 N–H and O–H groups in total. The van der Waals surface area contributed by atoms with Crippen molar-refractivity contribution in [3.05, 3.63) is 35.7 Å². The van der Waals surface area contributed by atoms with E-state index in [0.717, 1.165) is 28.7 Å². The average molecular weight is 300 g/mol. The normalized spacial score (nSPS) is 14.0. The number of anilines is 3. The summed E-state index contributed by atoms with van der Waals surface area (Å²) in [6, 6.07) is 8.38. The summed E-state index contributed by atoms with van der Waals surface area (Å²) in [5.41, 5.74) is 2.11. The van der Waals surface area contributed by atoms with Crippen LogP contribution in [0.25, 0.3) is 0 Å². The summed E-state index contributed by atoms with van der Waals surface area (Å²) < 4.78 is 0. The third kappa shape index (κ3) is 3.13. The van der Waals surface area contributed by atoms with Crippen molar-refractivity contribution in [3.8, 4) is 0 Å². The van der Waals surface area contributed by atoms with E-state index in [2.05, 4.69) is 46.1 Å². The van der Waals surface area contributed by atoms with E-state index in [4.69, 9.17) is 4.98 Å². The van der Waals surface area contributed by atoms with Gasteiger partial charge in [0.25, 0.3) is 0 Å². The van der Waals surface area contributed by atoms with E-state index in [9.17, 15) is 0 Å². The van der Waals surface area contributed by atoms with Crippen molar-refractivity contribution in [1.82, 2.24) is 9.97 Å². The molecule has 4 nitrogen and oxygen atoms in total. The standard InChI is InChI=1S/C16H20N4S/c1-10-14(17-2)19-16(11-7-8-11)20-15(10)18-12-5-4-6-13(9-12)21-3/h4-6,9,11H,7-8H2,1-3H3,(H2,17,18,19,20). The summed E-state index contributed by atoms with van der Waals surface area (Å²) in [7, 11) is 1.91. The van der Waals surface area contributed by atoms with Crippen LogP contribution in [0.4, 0.5) is 17.3 Å². The number of rotatable bonds is 5. The monoisotopic (exact) mass is 300 g/mol. The van der Waals surface area contributed by atoms with Gasteiger partial charge in [-0.15, -0.1) is 11.8 Å². The second kappa shape index (κ2) is 5.93. The molecule has 0 spiro atoms. The van der Waals surface area contributed by atoms with Gasteiger partial charge in [0.2, 0.25) is 0 Å². The van der Waals surface area contributed by atoms with E-state index < -0.39 is 0 Å². The van der Waals surface area contributed by atoms with Crippen molar-refractivity contribution in [3.63, 3.8) is 0 Å². The van der Waals surface area contributed by atoms with Crippen LogP contribution in [-0.4, -0.2) is 23.3 Å². The summed E-state index contributed by atoms with van der Waals surface area (Å²) in [4.78, 5) is 10.6. The molecule has 0 aliphatic heterocycles. The Balaban J connectivity index is 1.94. The fraction of sp³-hybridized carbons (Fsp3) is 0.375. The number of nitrogens with one attached hydrogen (secondary N) is 2. The average Bonchev–Trinajstić information content (AvgIpc) is 3.34. The zero-order valence-corrected chi connectivity index (χ0v) is 13.4. The minimum absolute atomic E-state index is 0.538. The van der Waals surface area contributed by atoms with Crippen LogP contribution in [0.1, 0.15) is 30.1 Å². The maximum absolute atomic E-state index is 4.72. The second-order valence-corrected chi connectivity index (χ2v) is 6.16. The Hall–Kier alpha value is -1.75. The molecule has 1 fully saturated rings. The lowest BCUT2D eigenvalue weighted by molar-refractivity contribution is 0.923. The topological polar surface area (TPSA) is 49.8 Å². The highest BCUT2D eigenvalue weighted by Crippen LogP contribution is 2.39. The zero-order chi connectivity index (χ0) is 14.8. The Morgan fingerprint density at radius 2 is 1.95 bits per heavy atom. The first-order valence-electron chi connectivity index (χ1n) is 7.18. The molecule has 1 aliphatic carbocycles. The molecular weight excluding hydrogens is 280 g/mol. The first kappa shape index (κ1) is 14.2. The SMILES string of the molecule is CNc1nc(C2CC2)nc(Nc2cccc(SC)c2)c1C. The van der Waals surface area contributed by atoms with E-state index in [1.807, 2.05) is 14.0 Å². The molecule has 1 aliphatic rings. The molecule has 0 saturated heterocycles. The van der Waals surface area contributed by atoms with E-state index >= 15 is 0 Å². The van der Waals surface area contributed by atoms with Gasteiger partial charge >= 0.3 is 0 Å². The van der Waals surface area contributed by atoms with Crippen molar-refractivity contribution >= 4 is 29.1 Å². The highest BCUT2D eigenvalue weighted by atomic mass is 32.2. The second-order valence-electron chi connectivity index (χ2n) is 5.29. The fourth-order valence-electron chi connectivity index (χ4n) is 2.26. The predicted molar refractivity (Wildman–Crippen MR) is 89.8 cm³/mol. The lowest BCUT2D eigenvalue weighted by Gasteiger charge is -2.14. The molecular formula is C16H20N4S.